The second-order valence-corrected chi connectivity index (χ2v) is 7.32. The predicted molar refractivity (Wildman–Crippen MR) is 116 cm³/mol. The van der Waals surface area contributed by atoms with Crippen LogP contribution in [0.25, 0.3) is 11.3 Å². The number of carbonyl (C=O) groups excluding carboxylic acids is 2. The van der Waals surface area contributed by atoms with E-state index in [4.69, 9.17) is 17.3 Å². The lowest BCUT2D eigenvalue weighted by Crippen LogP contribution is -2.31. The third-order valence-corrected chi connectivity index (χ3v) is 4.82. The Balaban J connectivity index is 1.44. The maximum atomic E-state index is 12.5. The van der Waals surface area contributed by atoms with Gasteiger partial charge in [0.1, 0.15) is 5.02 Å². The lowest BCUT2D eigenvalue weighted by molar-refractivity contribution is 0.1000. The molecule has 0 atom stereocenters. The largest absolute Gasteiger partial charge is 0.366 e. The Hall–Kier alpha value is -3.92. The molecule has 0 aliphatic rings. The topological polar surface area (TPSA) is 132 Å². The minimum atomic E-state index is -0.590. The van der Waals surface area contributed by atoms with E-state index in [-0.39, 0.29) is 5.56 Å². The summed E-state index contributed by atoms with van der Waals surface area (Å²) in [6, 6.07) is 4.36. The highest BCUT2D eigenvalue weighted by Crippen LogP contribution is 2.22. The molecule has 4 rings (SSSR count). The molecule has 0 unspecified atom stereocenters. The van der Waals surface area contributed by atoms with Gasteiger partial charge in [0.05, 0.1) is 23.8 Å². The zero-order valence-electron chi connectivity index (χ0n) is 16.5. The summed E-state index contributed by atoms with van der Waals surface area (Å²) in [6.07, 6.45) is 9.08. The second-order valence-electron chi connectivity index (χ2n) is 6.91. The van der Waals surface area contributed by atoms with Gasteiger partial charge in [-0.15, -0.1) is 0 Å². The lowest BCUT2D eigenvalue weighted by atomic mass is 10.1. The molecule has 0 fully saturated rings. The molecule has 3 heterocycles. The highest BCUT2D eigenvalue weighted by atomic mass is 35.5. The van der Waals surface area contributed by atoms with Crippen molar-refractivity contribution >= 4 is 34.9 Å². The molecule has 4 aromatic rings. The van der Waals surface area contributed by atoms with Crippen LogP contribution in [0.15, 0.2) is 49.2 Å². The third-order valence-electron chi connectivity index (χ3n) is 4.55. The van der Waals surface area contributed by atoms with Gasteiger partial charge < -0.3 is 16.4 Å². The quantitative estimate of drug-likeness (QED) is 0.425. The van der Waals surface area contributed by atoms with Crippen LogP contribution in [0, 0.1) is 6.92 Å². The summed E-state index contributed by atoms with van der Waals surface area (Å²) < 4.78 is 3.21. The molecule has 3 amide bonds. The first kappa shape index (κ1) is 20.4. The number of aryl methyl sites for hydroxylation is 1. The van der Waals surface area contributed by atoms with Crippen molar-refractivity contribution in [3.63, 3.8) is 0 Å². The molecule has 4 N–H and O–H groups in total. The number of nitrogens with zero attached hydrogens (tertiary/aromatic N) is 5. The number of amides is 3. The first-order valence-electron chi connectivity index (χ1n) is 9.39. The molecule has 0 saturated heterocycles. The van der Waals surface area contributed by atoms with Crippen LogP contribution >= 0.6 is 11.6 Å². The van der Waals surface area contributed by atoms with E-state index in [2.05, 4.69) is 25.8 Å². The van der Waals surface area contributed by atoms with E-state index >= 15 is 0 Å². The summed E-state index contributed by atoms with van der Waals surface area (Å²) >= 11 is 5.99. The van der Waals surface area contributed by atoms with E-state index < -0.39 is 11.9 Å². The van der Waals surface area contributed by atoms with Gasteiger partial charge in [-0.25, -0.2) is 19.0 Å². The van der Waals surface area contributed by atoms with Gasteiger partial charge in [-0.05, 0) is 42.7 Å². The zero-order valence-corrected chi connectivity index (χ0v) is 17.3. The number of anilines is 1. The molecule has 11 heteroatoms. The van der Waals surface area contributed by atoms with Gasteiger partial charge >= 0.3 is 6.03 Å². The number of urea groups is 1. The molecule has 0 aliphatic carbocycles. The van der Waals surface area contributed by atoms with Gasteiger partial charge in [0, 0.05) is 30.7 Å². The number of nitrogens with two attached hydrogens (primary N) is 1. The Labute approximate surface area is 182 Å². The van der Waals surface area contributed by atoms with Gasteiger partial charge in [-0.3, -0.25) is 4.79 Å². The fraction of sp³-hybridized carbons (Fsp3) is 0.150. The summed E-state index contributed by atoms with van der Waals surface area (Å²) in [7, 11) is 0. The Kier molecular flexibility index (Phi) is 5.54. The molecule has 0 saturated carbocycles. The second kappa shape index (κ2) is 8.44. The van der Waals surface area contributed by atoms with Crippen LogP contribution in [0.1, 0.15) is 21.5 Å². The third kappa shape index (κ3) is 4.48. The van der Waals surface area contributed by atoms with Gasteiger partial charge in [0.15, 0.2) is 5.65 Å². The van der Waals surface area contributed by atoms with Crippen molar-refractivity contribution in [2.45, 2.75) is 13.3 Å². The molecule has 0 radical (unpaired) electrons. The Morgan fingerprint density at radius 2 is 2.00 bits per heavy atom. The summed E-state index contributed by atoms with van der Waals surface area (Å²) in [5.74, 6) is -0.590. The number of nitrogens with one attached hydrogen (secondary N) is 2. The van der Waals surface area contributed by atoms with E-state index in [1.807, 2.05) is 19.3 Å². The van der Waals surface area contributed by atoms with Crippen molar-refractivity contribution in [3.8, 4) is 5.69 Å². The normalized spacial score (nSPS) is 10.9. The summed E-state index contributed by atoms with van der Waals surface area (Å²) in [5.41, 5.74) is 9.09. The minimum absolute atomic E-state index is 0.278. The lowest BCUT2D eigenvalue weighted by Gasteiger charge is -2.13. The van der Waals surface area contributed by atoms with Crippen LogP contribution in [0.2, 0.25) is 5.02 Å². The molecular formula is C20H19ClN8O2. The first-order valence-corrected chi connectivity index (χ1v) is 9.76. The van der Waals surface area contributed by atoms with Crippen LogP contribution in [-0.4, -0.2) is 42.9 Å². The molecule has 0 bridgehead atoms. The Morgan fingerprint density at radius 3 is 2.74 bits per heavy atom. The Morgan fingerprint density at radius 1 is 1.16 bits per heavy atom. The number of carbonyl (C=O) groups is 2. The van der Waals surface area contributed by atoms with Crippen molar-refractivity contribution in [3.05, 3.63) is 70.9 Å². The average Bonchev–Trinajstić information content (AvgIpc) is 3.33. The molecule has 10 nitrogen and oxygen atoms in total. The highest BCUT2D eigenvalue weighted by molar-refractivity contribution is 6.33. The summed E-state index contributed by atoms with van der Waals surface area (Å²) in [5, 5.41) is 14.4. The standard InChI is InChI=1S/C20H19ClN8O2/c1-12-7-25-28(10-12)17-3-2-14(18(22)30)6-16(17)27-20(31)23-5-4-13-8-24-19-15(21)9-26-29(19)11-13/h2-3,6-11H,4-5H2,1H3,(H2,22,30)(H2,23,27,31). The van der Waals surface area contributed by atoms with Crippen molar-refractivity contribution in [1.82, 2.24) is 29.7 Å². The maximum absolute atomic E-state index is 12.5. The fourth-order valence-corrected chi connectivity index (χ4v) is 3.21. The Bertz CT molecular complexity index is 1280. The molecule has 31 heavy (non-hydrogen) atoms. The average molecular weight is 439 g/mol. The van der Waals surface area contributed by atoms with Crippen LogP contribution in [0.3, 0.4) is 0 Å². The number of hydrogen-bond donors (Lipinski definition) is 3. The first-order chi connectivity index (χ1) is 14.9. The SMILES string of the molecule is Cc1cnn(-c2ccc(C(N)=O)cc2NC(=O)NCCc2cnc3c(Cl)cnn3c2)c1. The number of rotatable bonds is 6. The summed E-state index contributed by atoms with van der Waals surface area (Å²) in [4.78, 5) is 28.3. The van der Waals surface area contributed by atoms with Gasteiger partial charge in [0.25, 0.3) is 0 Å². The number of primary amides is 1. The molecule has 158 valence electrons. The minimum Gasteiger partial charge on any atom is -0.366 e. The number of halogens is 1. The van der Waals surface area contributed by atoms with Crippen molar-refractivity contribution < 1.29 is 9.59 Å². The number of hydrogen-bond acceptors (Lipinski definition) is 5. The van der Waals surface area contributed by atoms with Gasteiger partial charge in [0.2, 0.25) is 5.91 Å². The monoisotopic (exact) mass is 438 g/mol. The van der Waals surface area contributed by atoms with Crippen LogP contribution in [0.4, 0.5) is 10.5 Å². The number of aromatic nitrogens is 5. The number of benzene rings is 1. The van der Waals surface area contributed by atoms with Crippen molar-refractivity contribution in [1.29, 1.82) is 0 Å². The van der Waals surface area contributed by atoms with E-state index in [0.29, 0.717) is 35.0 Å². The molecule has 0 spiro atoms. The van der Waals surface area contributed by atoms with E-state index in [9.17, 15) is 9.59 Å². The van der Waals surface area contributed by atoms with Crippen molar-refractivity contribution in [2.75, 3.05) is 11.9 Å². The highest BCUT2D eigenvalue weighted by Gasteiger charge is 2.13. The molecule has 0 aliphatic heterocycles. The van der Waals surface area contributed by atoms with E-state index in [1.165, 1.54) is 12.3 Å². The number of fused-ring (bicyclic) bond motifs is 1. The van der Waals surface area contributed by atoms with E-state index in [0.717, 1.165) is 11.1 Å². The van der Waals surface area contributed by atoms with Gasteiger partial charge in [-0.2, -0.15) is 10.2 Å². The molecule has 3 aromatic heterocycles. The fourth-order valence-electron chi connectivity index (χ4n) is 3.03. The van der Waals surface area contributed by atoms with Crippen molar-refractivity contribution in [2.24, 2.45) is 5.73 Å². The smallest absolute Gasteiger partial charge is 0.319 e. The molecular weight excluding hydrogens is 420 g/mol. The van der Waals surface area contributed by atoms with Crippen LogP contribution in [-0.2, 0) is 6.42 Å². The summed E-state index contributed by atoms with van der Waals surface area (Å²) in [6.45, 7) is 2.27. The zero-order chi connectivity index (χ0) is 22.0. The molecule has 1 aromatic carbocycles. The van der Waals surface area contributed by atoms with Crippen LogP contribution < -0.4 is 16.4 Å². The van der Waals surface area contributed by atoms with E-state index in [1.54, 1.807) is 33.7 Å². The predicted octanol–water partition coefficient (Wildman–Crippen LogP) is 2.34. The maximum Gasteiger partial charge on any atom is 0.319 e. The van der Waals surface area contributed by atoms with Crippen LogP contribution in [0.5, 0.6) is 0 Å². The van der Waals surface area contributed by atoms with Gasteiger partial charge in [-0.1, -0.05) is 11.6 Å².